The van der Waals surface area contributed by atoms with Gasteiger partial charge in [0.25, 0.3) is 5.91 Å². The van der Waals surface area contributed by atoms with Gasteiger partial charge < -0.3 is 15.5 Å². The van der Waals surface area contributed by atoms with E-state index in [-0.39, 0.29) is 24.1 Å². The first-order valence-electron chi connectivity index (χ1n) is 11.1. The lowest BCUT2D eigenvalue weighted by molar-refractivity contribution is -0.136. The van der Waals surface area contributed by atoms with E-state index in [9.17, 15) is 14.4 Å². The van der Waals surface area contributed by atoms with Crippen molar-refractivity contribution in [2.75, 3.05) is 13.1 Å². The van der Waals surface area contributed by atoms with Gasteiger partial charge in [-0.05, 0) is 61.4 Å². The summed E-state index contributed by atoms with van der Waals surface area (Å²) in [5, 5.41) is 9.56. The van der Waals surface area contributed by atoms with Crippen LogP contribution >= 0.6 is 0 Å². The van der Waals surface area contributed by atoms with E-state index >= 15 is 0 Å². The van der Waals surface area contributed by atoms with Crippen LogP contribution in [0.3, 0.4) is 0 Å². The Hall–Kier alpha value is -2.25. The van der Waals surface area contributed by atoms with Crippen molar-refractivity contribution in [1.29, 1.82) is 0 Å². The molecule has 2 saturated heterocycles. The van der Waals surface area contributed by atoms with Crippen molar-refractivity contribution in [2.24, 2.45) is 11.8 Å². The molecule has 3 N–H and O–H groups in total. The smallest absolute Gasteiger partial charge is 0.255 e. The number of carbonyl (C=O) groups is 3. The SMILES string of the molecule is CC(C)C(NCc1ccc2c(c1)CN(C1CCC(=O)NC1=O)C2=O)C1CCNCC1. The Labute approximate surface area is 178 Å². The number of nitrogens with zero attached hydrogens (tertiary/aromatic N) is 1. The summed E-state index contributed by atoms with van der Waals surface area (Å²) >= 11 is 0. The van der Waals surface area contributed by atoms with Crippen LogP contribution in [0, 0.1) is 11.8 Å². The number of hydrogen-bond donors (Lipinski definition) is 3. The molecule has 0 aromatic heterocycles. The summed E-state index contributed by atoms with van der Waals surface area (Å²) < 4.78 is 0. The number of fused-ring (bicyclic) bond motifs is 1. The van der Waals surface area contributed by atoms with Crippen molar-refractivity contribution in [3.8, 4) is 0 Å². The maximum atomic E-state index is 12.8. The van der Waals surface area contributed by atoms with Gasteiger partial charge in [-0.25, -0.2) is 0 Å². The first kappa shape index (κ1) is 21.0. The predicted octanol–water partition coefficient (Wildman–Crippen LogP) is 1.56. The van der Waals surface area contributed by atoms with E-state index in [4.69, 9.17) is 0 Å². The Balaban J connectivity index is 1.42. The van der Waals surface area contributed by atoms with Crippen LogP contribution in [0.1, 0.15) is 61.0 Å². The number of rotatable bonds is 6. The summed E-state index contributed by atoms with van der Waals surface area (Å²) in [5.41, 5.74) is 2.79. The zero-order valence-electron chi connectivity index (χ0n) is 17.9. The molecule has 2 fully saturated rings. The molecule has 7 nitrogen and oxygen atoms in total. The molecule has 0 saturated carbocycles. The van der Waals surface area contributed by atoms with E-state index in [1.54, 1.807) is 4.90 Å². The monoisotopic (exact) mass is 412 g/mol. The van der Waals surface area contributed by atoms with Crippen LogP contribution in [0.4, 0.5) is 0 Å². The Morgan fingerprint density at radius 1 is 1.13 bits per heavy atom. The van der Waals surface area contributed by atoms with E-state index in [0.29, 0.717) is 36.4 Å². The Kier molecular flexibility index (Phi) is 6.20. The van der Waals surface area contributed by atoms with Crippen molar-refractivity contribution < 1.29 is 14.4 Å². The zero-order valence-corrected chi connectivity index (χ0v) is 17.9. The van der Waals surface area contributed by atoms with Crippen LogP contribution in [0.5, 0.6) is 0 Å². The molecular weight excluding hydrogens is 380 g/mol. The van der Waals surface area contributed by atoms with Crippen molar-refractivity contribution in [1.82, 2.24) is 20.9 Å². The molecule has 3 aliphatic heterocycles. The number of amides is 3. The normalized spacial score (nSPS) is 23.6. The van der Waals surface area contributed by atoms with E-state index in [0.717, 1.165) is 30.8 Å². The fourth-order valence-corrected chi connectivity index (χ4v) is 5.12. The quantitative estimate of drug-likeness (QED) is 0.617. The molecule has 0 radical (unpaired) electrons. The lowest BCUT2D eigenvalue weighted by Gasteiger charge is -2.34. The predicted molar refractivity (Wildman–Crippen MR) is 114 cm³/mol. The number of benzene rings is 1. The molecule has 1 aromatic carbocycles. The fraction of sp³-hybridized carbons (Fsp3) is 0.609. The van der Waals surface area contributed by atoms with Crippen LogP contribution in [0.25, 0.3) is 0 Å². The second-order valence-corrected chi connectivity index (χ2v) is 9.13. The fourth-order valence-electron chi connectivity index (χ4n) is 5.12. The highest BCUT2D eigenvalue weighted by atomic mass is 16.2. The molecular formula is C23H32N4O3. The van der Waals surface area contributed by atoms with Crippen LogP contribution < -0.4 is 16.0 Å². The standard InChI is InChI=1S/C23H32N4O3/c1-14(2)21(16-7-9-24-10-8-16)25-12-15-3-4-18-17(11-15)13-27(23(18)30)19-5-6-20(28)26-22(19)29/h3-4,11,14,16,19,21,24-25H,5-10,12-13H2,1-2H3,(H,26,28,29). The van der Waals surface area contributed by atoms with Gasteiger partial charge >= 0.3 is 0 Å². The van der Waals surface area contributed by atoms with Crippen molar-refractivity contribution in [3.63, 3.8) is 0 Å². The highest BCUT2D eigenvalue weighted by Crippen LogP contribution is 2.28. The van der Waals surface area contributed by atoms with Gasteiger partial charge in [0, 0.05) is 31.1 Å². The number of hydrogen-bond acceptors (Lipinski definition) is 5. The van der Waals surface area contributed by atoms with Crippen LogP contribution in [-0.2, 0) is 22.7 Å². The molecule has 0 aliphatic carbocycles. The van der Waals surface area contributed by atoms with E-state index < -0.39 is 6.04 Å². The molecule has 0 spiro atoms. The maximum absolute atomic E-state index is 12.8. The van der Waals surface area contributed by atoms with Crippen molar-refractivity contribution >= 4 is 17.7 Å². The second-order valence-electron chi connectivity index (χ2n) is 9.13. The topological polar surface area (TPSA) is 90.5 Å². The van der Waals surface area contributed by atoms with Gasteiger partial charge in [0.05, 0.1) is 0 Å². The van der Waals surface area contributed by atoms with E-state index in [2.05, 4.69) is 35.9 Å². The Bertz CT molecular complexity index is 832. The van der Waals surface area contributed by atoms with Crippen LogP contribution in [0.2, 0.25) is 0 Å². The highest BCUT2D eigenvalue weighted by Gasteiger charge is 2.39. The largest absolute Gasteiger partial charge is 0.322 e. The molecule has 2 unspecified atom stereocenters. The lowest BCUT2D eigenvalue weighted by Crippen LogP contribution is -2.52. The molecule has 162 valence electrons. The molecule has 3 aliphatic rings. The average molecular weight is 413 g/mol. The van der Waals surface area contributed by atoms with Gasteiger partial charge in [0.2, 0.25) is 11.8 Å². The van der Waals surface area contributed by atoms with Crippen LogP contribution in [-0.4, -0.2) is 47.8 Å². The highest BCUT2D eigenvalue weighted by molar-refractivity contribution is 6.05. The van der Waals surface area contributed by atoms with Gasteiger partial charge in [0.15, 0.2) is 0 Å². The van der Waals surface area contributed by atoms with Crippen LogP contribution in [0.15, 0.2) is 18.2 Å². The minimum atomic E-state index is -0.561. The number of piperidine rings is 2. The first-order chi connectivity index (χ1) is 14.4. The third-order valence-corrected chi connectivity index (χ3v) is 6.74. The van der Waals surface area contributed by atoms with Gasteiger partial charge in [-0.1, -0.05) is 26.0 Å². The minimum Gasteiger partial charge on any atom is -0.322 e. The summed E-state index contributed by atoms with van der Waals surface area (Å²) in [5.74, 6) is 0.504. The zero-order chi connectivity index (χ0) is 21.3. The number of nitrogens with one attached hydrogen (secondary N) is 3. The first-order valence-corrected chi connectivity index (χ1v) is 11.1. The summed E-state index contributed by atoms with van der Waals surface area (Å²) in [7, 11) is 0. The Morgan fingerprint density at radius 2 is 1.90 bits per heavy atom. The van der Waals surface area contributed by atoms with Crippen molar-refractivity contribution in [3.05, 3.63) is 34.9 Å². The molecule has 1 aromatic rings. The number of imide groups is 1. The third kappa shape index (κ3) is 4.27. The second kappa shape index (κ2) is 8.86. The summed E-state index contributed by atoms with van der Waals surface area (Å²) in [4.78, 5) is 38.1. The third-order valence-electron chi connectivity index (χ3n) is 6.74. The summed E-state index contributed by atoms with van der Waals surface area (Å²) in [6, 6.07) is 5.90. The van der Waals surface area contributed by atoms with Gasteiger partial charge in [-0.15, -0.1) is 0 Å². The molecule has 30 heavy (non-hydrogen) atoms. The van der Waals surface area contributed by atoms with Gasteiger partial charge in [-0.2, -0.15) is 0 Å². The number of carbonyl (C=O) groups excluding carboxylic acids is 3. The Morgan fingerprint density at radius 3 is 2.60 bits per heavy atom. The molecule has 2 atom stereocenters. The summed E-state index contributed by atoms with van der Waals surface area (Å²) in [6.07, 6.45) is 3.08. The average Bonchev–Trinajstić information content (AvgIpc) is 3.04. The van der Waals surface area contributed by atoms with Crippen molar-refractivity contribution in [2.45, 2.75) is 64.7 Å². The van der Waals surface area contributed by atoms with Gasteiger partial charge in [-0.3, -0.25) is 19.7 Å². The molecule has 7 heteroatoms. The minimum absolute atomic E-state index is 0.117. The van der Waals surface area contributed by atoms with E-state index in [1.807, 2.05) is 12.1 Å². The molecule has 0 bridgehead atoms. The van der Waals surface area contributed by atoms with E-state index in [1.165, 1.54) is 12.8 Å². The molecule has 4 rings (SSSR count). The van der Waals surface area contributed by atoms with Gasteiger partial charge in [0.1, 0.15) is 6.04 Å². The lowest BCUT2D eigenvalue weighted by atomic mass is 9.84. The maximum Gasteiger partial charge on any atom is 0.255 e. The molecule has 3 amide bonds. The summed E-state index contributed by atoms with van der Waals surface area (Å²) in [6.45, 7) is 7.93. The molecule has 3 heterocycles.